The van der Waals surface area contributed by atoms with Crippen LogP contribution in [0.25, 0.3) is 0 Å². The van der Waals surface area contributed by atoms with Crippen molar-refractivity contribution in [3.8, 4) is 0 Å². The summed E-state index contributed by atoms with van der Waals surface area (Å²) in [5.41, 5.74) is 4.80. The minimum Gasteiger partial charge on any atom is -0.271 e. The zero-order valence-electron chi connectivity index (χ0n) is 6.83. The second-order valence-corrected chi connectivity index (χ2v) is 2.62. The second kappa shape index (κ2) is 3.46. The van der Waals surface area contributed by atoms with Crippen LogP contribution in [0.3, 0.4) is 0 Å². The number of nitrogens with zero attached hydrogens (tertiary/aromatic N) is 1. The number of hydrazine groups is 1. The van der Waals surface area contributed by atoms with Gasteiger partial charge in [0.05, 0.1) is 0 Å². The molecule has 60 valence electrons. The van der Waals surface area contributed by atoms with Crippen LogP contribution in [0.1, 0.15) is 24.2 Å². The minimum absolute atomic E-state index is 0.170. The van der Waals surface area contributed by atoms with E-state index in [1.807, 2.05) is 32.2 Å². The van der Waals surface area contributed by atoms with Crippen molar-refractivity contribution in [2.75, 3.05) is 0 Å². The van der Waals surface area contributed by atoms with Gasteiger partial charge in [-0.1, -0.05) is 6.07 Å². The highest BCUT2D eigenvalue weighted by Crippen LogP contribution is 2.08. The average Bonchev–Trinajstić information content (AvgIpc) is 2.05. The van der Waals surface area contributed by atoms with Crippen LogP contribution < -0.4 is 11.3 Å². The minimum atomic E-state index is 0.170. The van der Waals surface area contributed by atoms with Gasteiger partial charge in [0.1, 0.15) is 0 Å². The molecule has 1 atom stereocenters. The van der Waals surface area contributed by atoms with Crippen LogP contribution in [0, 0.1) is 6.92 Å². The number of aryl methyl sites for hydroxylation is 1. The Morgan fingerprint density at radius 3 is 2.73 bits per heavy atom. The van der Waals surface area contributed by atoms with Gasteiger partial charge < -0.3 is 0 Å². The first kappa shape index (κ1) is 8.17. The van der Waals surface area contributed by atoms with Crippen molar-refractivity contribution in [2.24, 2.45) is 5.84 Å². The van der Waals surface area contributed by atoms with Gasteiger partial charge in [-0.15, -0.1) is 0 Å². The molecule has 1 aromatic rings. The fraction of sp³-hybridized carbons (Fsp3) is 0.375. The third kappa shape index (κ3) is 2.00. The lowest BCUT2D eigenvalue weighted by atomic mass is 10.1. The molecular weight excluding hydrogens is 138 g/mol. The summed E-state index contributed by atoms with van der Waals surface area (Å²) >= 11 is 0. The smallest absolute Gasteiger partial charge is 0.0447 e. The lowest BCUT2D eigenvalue weighted by molar-refractivity contribution is 0.600. The van der Waals surface area contributed by atoms with Gasteiger partial charge in [0.15, 0.2) is 0 Å². The highest BCUT2D eigenvalue weighted by molar-refractivity contribution is 5.16. The van der Waals surface area contributed by atoms with Gasteiger partial charge in [0.2, 0.25) is 0 Å². The molecule has 0 saturated heterocycles. The van der Waals surface area contributed by atoms with E-state index in [9.17, 15) is 0 Å². The number of aromatic nitrogens is 1. The Kier molecular flexibility index (Phi) is 2.57. The highest BCUT2D eigenvalue weighted by Gasteiger charge is 2.00. The first-order chi connectivity index (χ1) is 5.24. The van der Waals surface area contributed by atoms with Crippen molar-refractivity contribution >= 4 is 0 Å². The lowest BCUT2D eigenvalue weighted by Crippen LogP contribution is -2.25. The fourth-order valence-electron chi connectivity index (χ4n) is 0.832. The summed E-state index contributed by atoms with van der Waals surface area (Å²) in [7, 11) is 0. The van der Waals surface area contributed by atoms with E-state index in [1.54, 1.807) is 0 Å². The quantitative estimate of drug-likeness (QED) is 0.488. The molecule has 3 nitrogen and oxygen atoms in total. The summed E-state index contributed by atoms with van der Waals surface area (Å²) in [6.45, 7) is 3.96. The molecule has 0 amide bonds. The van der Waals surface area contributed by atoms with Crippen LogP contribution in [0.2, 0.25) is 0 Å². The van der Waals surface area contributed by atoms with Crippen molar-refractivity contribution in [2.45, 2.75) is 19.9 Å². The van der Waals surface area contributed by atoms with E-state index < -0.39 is 0 Å². The van der Waals surface area contributed by atoms with Crippen LogP contribution in [0.4, 0.5) is 0 Å². The third-order valence-electron chi connectivity index (χ3n) is 1.68. The van der Waals surface area contributed by atoms with Gasteiger partial charge in [0.25, 0.3) is 0 Å². The molecular formula is C8H13N3. The molecule has 0 unspecified atom stereocenters. The van der Waals surface area contributed by atoms with Crippen molar-refractivity contribution in [1.29, 1.82) is 0 Å². The first-order valence-electron chi connectivity index (χ1n) is 3.62. The molecule has 3 heteroatoms. The lowest BCUT2D eigenvalue weighted by Gasteiger charge is -2.08. The maximum Gasteiger partial charge on any atom is 0.0447 e. The molecule has 1 heterocycles. The number of hydrogen-bond donors (Lipinski definition) is 2. The molecule has 0 bridgehead atoms. The summed E-state index contributed by atoms with van der Waals surface area (Å²) in [5, 5.41) is 0. The van der Waals surface area contributed by atoms with Gasteiger partial charge in [-0.2, -0.15) is 0 Å². The van der Waals surface area contributed by atoms with E-state index in [1.165, 1.54) is 0 Å². The molecule has 1 rings (SSSR count). The predicted octanol–water partition coefficient (Wildman–Crippen LogP) is 0.914. The Morgan fingerprint density at radius 2 is 2.27 bits per heavy atom. The molecule has 0 aromatic carbocycles. The van der Waals surface area contributed by atoms with Crippen LogP contribution in [-0.4, -0.2) is 4.98 Å². The molecule has 0 spiro atoms. The van der Waals surface area contributed by atoms with Crippen molar-refractivity contribution in [3.05, 3.63) is 29.6 Å². The Hall–Kier alpha value is -0.930. The molecule has 0 saturated carbocycles. The van der Waals surface area contributed by atoms with E-state index >= 15 is 0 Å². The van der Waals surface area contributed by atoms with E-state index in [0.717, 1.165) is 11.3 Å². The average molecular weight is 151 g/mol. The number of nitrogens with one attached hydrogen (secondary N) is 1. The molecule has 0 aliphatic rings. The highest BCUT2D eigenvalue weighted by atomic mass is 15.2. The van der Waals surface area contributed by atoms with E-state index in [0.29, 0.717) is 0 Å². The number of pyridine rings is 1. The van der Waals surface area contributed by atoms with Crippen molar-refractivity contribution in [1.82, 2.24) is 10.4 Å². The zero-order chi connectivity index (χ0) is 8.27. The Labute approximate surface area is 66.6 Å². The molecule has 0 radical (unpaired) electrons. The van der Waals surface area contributed by atoms with Gasteiger partial charge >= 0.3 is 0 Å². The number of nitrogens with two attached hydrogens (primary N) is 1. The normalized spacial score (nSPS) is 13.0. The molecule has 11 heavy (non-hydrogen) atoms. The SMILES string of the molecule is Cc1ccc([C@H](C)NN)cn1. The monoisotopic (exact) mass is 151 g/mol. The summed E-state index contributed by atoms with van der Waals surface area (Å²) in [6.07, 6.45) is 1.83. The van der Waals surface area contributed by atoms with Gasteiger partial charge in [-0.25, -0.2) is 0 Å². The van der Waals surface area contributed by atoms with Crippen molar-refractivity contribution in [3.63, 3.8) is 0 Å². The molecule has 3 N–H and O–H groups in total. The second-order valence-electron chi connectivity index (χ2n) is 2.62. The van der Waals surface area contributed by atoms with Gasteiger partial charge in [-0.05, 0) is 25.5 Å². The summed E-state index contributed by atoms with van der Waals surface area (Å²) in [6, 6.07) is 4.17. The fourth-order valence-corrected chi connectivity index (χ4v) is 0.832. The van der Waals surface area contributed by atoms with Crippen LogP contribution >= 0.6 is 0 Å². The van der Waals surface area contributed by atoms with Crippen LogP contribution in [0.15, 0.2) is 18.3 Å². The standard InChI is InChI=1S/C8H13N3/c1-6-3-4-8(5-10-6)7(2)11-9/h3-5,7,11H,9H2,1-2H3/t7-/m0/s1. The number of rotatable bonds is 2. The largest absolute Gasteiger partial charge is 0.271 e. The summed E-state index contributed by atoms with van der Waals surface area (Å²) in [5.74, 6) is 5.26. The van der Waals surface area contributed by atoms with E-state index in [4.69, 9.17) is 5.84 Å². The summed E-state index contributed by atoms with van der Waals surface area (Å²) < 4.78 is 0. The van der Waals surface area contributed by atoms with Gasteiger partial charge in [-0.3, -0.25) is 16.3 Å². The zero-order valence-corrected chi connectivity index (χ0v) is 6.83. The number of hydrogen-bond acceptors (Lipinski definition) is 3. The molecule has 0 aliphatic carbocycles. The van der Waals surface area contributed by atoms with Crippen LogP contribution in [0.5, 0.6) is 0 Å². The maximum absolute atomic E-state index is 5.26. The maximum atomic E-state index is 5.26. The van der Waals surface area contributed by atoms with Crippen LogP contribution in [-0.2, 0) is 0 Å². The predicted molar refractivity (Wildman–Crippen MR) is 44.7 cm³/mol. The van der Waals surface area contributed by atoms with E-state index in [2.05, 4.69) is 10.4 Å². The Morgan fingerprint density at radius 1 is 1.55 bits per heavy atom. The molecule has 1 aromatic heterocycles. The molecule has 0 fully saturated rings. The van der Waals surface area contributed by atoms with E-state index in [-0.39, 0.29) is 6.04 Å². The van der Waals surface area contributed by atoms with Crippen molar-refractivity contribution < 1.29 is 0 Å². The Bertz CT molecular complexity index is 217. The first-order valence-corrected chi connectivity index (χ1v) is 3.62. The topological polar surface area (TPSA) is 50.9 Å². The summed E-state index contributed by atoms with van der Waals surface area (Å²) in [4.78, 5) is 4.15. The Balaban J connectivity index is 2.81. The third-order valence-corrected chi connectivity index (χ3v) is 1.68. The van der Waals surface area contributed by atoms with Gasteiger partial charge in [0, 0.05) is 17.9 Å². The molecule has 0 aliphatic heterocycles.